The van der Waals surface area contributed by atoms with Crippen molar-refractivity contribution in [3.05, 3.63) is 77.1 Å². The van der Waals surface area contributed by atoms with Gasteiger partial charge >= 0.3 is 17.9 Å². The van der Waals surface area contributed by atoms with Gasteiger partial charge in [-0.25, -0.2) is 4.79 Å². The molecule has 4 aliphatic rings. The maximum Gasteiger partial charge on any atom is 0.330 e. The van der Waals surface area contributed by atoms with Crippen LogP contribution in [0, 0.1) is 0 Å². The number of aliphatic carboxylic acids is 1. The van der Waals surface area contributed by atoms with Crippen molar-refractivity contribution in [1.29, 1.82) is 0 Å². The van der Waals surface area contributed by atoms with Gasteiger partial charge < -0.3 is 119 Å². The van der Waals surface area contributed by atoms with Crippen molar-refractivity contribution < 1.29 is 133 Å². The molecule has 3 fully saturated rings. The number of benzene rings is 3. The van der Waals surface area contributed by atoms with E-state index in [1.807, 2.05) is 0 Å². The number of aliphatic hydroxyl groups excluding tert-OH is 10. The Kier molecular flexibility index (Phi) is 17.2. The molecular weight excluding hydrogens is 984 g/mol. The van der Waals surface area contributed by atoms with Crippen molar-refractivity contribution in [1.82, 2.24) is 0 Å². The molecule has 0 saturated carbocycles. The molecule has 7 rings (SSSR count). The highest BCUT2D eigenvalue weighted by atomic mass is 16.7. The minimum atomic E-state index is -2.03. The highest BCUT2D eigenvalue weighted by molar-refractivity contribution is 5.90. The predicted octanol–water partition coefficient (Wildman–Crippen LogP) is -3.39. The van der Waals surface area contributed by atoms with Crippen molar-refractivity contribution in [2.75, 3.05) is 26.9 Å². The first-order valence-corrected chi connectivity index (χ1v) is 22.1. The first-order chi connectivity index (χ1) is 34.7. The Morgan fingerprint density at radius 3 is 1.81 bits per heavy atom. The van der Waals surface area contributed by atoms with Gasteiger partial charge in [0.05, 0.1) is 25.3 Å². The summed E-state index contributed by atoms with van der Waals surface area (Å²) < 4.78 is 54.2. The number of phenolic OH excluding ortho intramolecular Hbond substituents is 3. The molecule has 0 amide bonds. The zero-order valence-electron chi connectivity index (χ0n) is 38.0. The van der Waals surface area contributed by atoms with Crippen LogP contribution in [0.15, 0.2) is 60.4 Å². The summed E-state index contributed by atoms with van der Waals surface area (Å²) >= 11 is 0. The molecule has 0 spiro atoms. The van der Waals surface area contributed by atoms with E-state index in [4.69, 9.17) is 47.7 Å². The number of hydrogen-bond donors (Lipinski definition) is 14. The standard InChI is InChI=1S/C46H52O27/c1-64-25-8-17(2-5-21(25)48)3-7-32(53)65-15-29-35(56)38(59)40(61)44(72-29)67-19-10-23(50)20-12-27(70-46-42(63)39(60)36(57)30(73-46)16-66-33(54)13-31(51)52)43(68-24(20)11-19)18-4-6-22(49)26(9-18)69-45-41(62)37(58)34(55)28(14-47)71-45/h2-12,28-30,34-50,55-63H,13-16H2,1H3,(H,51,52)/p+1. The van der Waals surface area contributed by atoms with E-state index in [2.05, 4.69) is 4.74 Å². The third-order valence-corrected chi connectivity index (χ3v) is 11.9. The van der Waals surface area contributed by atoms with Gasteiger partial charge in [-0.1, -0.05) is 6.07 Å². The molecule has 3 saturated heterocycles. The summed E-state index contributed by atoms with van der Waals surface area (Å²) in [5.74, 6) is -5.92. The molecule has 3 aromatic rings. The second kappa shape index (κ2) is 23.1. The van der Waals surface area contributed by atoms with Gasteiger partial charge in [-0.05, 0) is 42.0 Å². The van der Waals surface area contributed by atoms with E-state index >= 15 is 0 Å². The molecule has 27 nitrogen and oxygen atoms in total. The molecule has 15 N–H and O–H groups in total. The van der Waals surface area contributed by atoms with Gasteiger partial charge in [0.1, 0.15) is 110 Å². The first kappa shape index (κ1) is 54.2. The van der Waals surface area contributed by atoms with Crippen LogP contribution >= 0.6 is 0 Å². The minimum absolute atomic E-state index is 0.0447. The molecule has 27 heteroatoms. The average Bonchev–Trinajstić information content (AvgIpc) is 3.36. The summed E-state index contributed by atoms with van der Waals surface area (Å²) in [4.78, 5) is 35.6. The number of carboxylic acids is 1. The molecule has 398 valence electrons. The largest absolute Gasteiger partial charge is 0.571 e. The molecule has 0 aromatic heterocycles. The van der Waals surface area contributed by atoms with Crippen molar-refractivity contribution in [3.8, 4) is 40.2 Å². The fourth-order valence-electron chi connectivity index (χ4n) is 7.86. The van der Waals surface area contributed by atoms with Crippen LogP contribution in [-0.2, 0) is 42.8 Å². The van der Waals surface area contributed by atoms with Gasteiger partial charge in [0.25, 0.3) is 11.9 Å². The number of fused-ring (bicyclic) bond motifs is 1. The highest BCUT2D eigenvalue weighted by Gasteiger charge is 2.49. The highest BCUT2D eigenvalue weighted by Crippen LogP contribution is 2.47. The van der Waals surface area contributed by atoms with E-state index in [1.54, 1.807) is 0 Å². The normalized spacial score (nSPS) is 32.1. The Balaban J connectivity index is 1.15. The molecule has 73 heavy (non-hydrogen) atoms. The Bertz CT molecular complexity index is 2510. The van der Waals surface area contributed by atoms with Gasteiger partial charge in [-0.2, -0.15) is 0 Å². The Labute approximate surface area is 411 Å². The third kappa shape index (κ3) is 12.3. The summed E-state index contributed by atoms with van der Waals surface area (Å²) in [5.41, 5.74) is 0.392. The van der Waals surface area contributed by atoms with E-state index in [9.17, 15) is 80.8 Å². The summed E-state index contributed by atoms with van der Waals surface area (Å²) in [7, 11) is 1.34. The quantitative estimate of drug-likeness (QED) is 0.0271. The molecule has 0 bridgehead atoms. The topological polar surface area (TPSA) is 430 Å². The second-order valence-electron chi connectivity index (χ2n) is 16.9. The van der Waals surface area contributed by atoms with Crippen LogP contribution in [0.3, 0.4) is 0 Å². The average molecular weight is 1040 g/mol. The number of aromatic hydroxyl groups is 4. The van der Waals surface area contributed by atoms with Crippen molar-refractivity contribution >= 4 is 30.1 Å². The third-order valence-electron chi connectivity index (χ3n) is 11.9. The van der Waals surface area contributed by atoms with Crippen molar-refractivity contribution in [2.45, 2.75) is 105 Å². The Hall–Kier alpha value is -6.57. The predicted molar refractivity (Wildman–Crippen MR) is 236 cm³/mol. The van der Waals surface area contributed by atoms with Gasteiger partial charge in [-0.3, -0.25) is 9.59 Å². The number of carbonyl (C=O) groups excluding carboxylic acids is 2. The molecule has 4 heterocycles. The SMILES string of the molecule is COc1cc(C=CC(=O)OCC2OC(Oc3cc(O)c4c(c3)[OH+]C(c3ccc(O)c(OC5OC(CO)C(O)C(O)C5O)c3)C(OC3OC(COC(=O)CC(=O)O)C(O)C(O)C3O)=C4)C(O)C(O)C2O)ccc1O. The van der Waals surface area contributed by atoms with Crippen molar-refractivity contribution in [2.24, 2.45) is 0 Å². The zero-order valence-corrected chi connectivity index (χ0v) is 38.0. The van der Waals surface area contributed by atoms with Crippen LogP contribution in [0.4, 0.5) is 0 Å². The summed E-state index contributed by atoms with van der Waals surface area (Å²) in [6, 6.07) is 10.1. The fourth-order valence-corrected chi connectivity index (χ4v) is 7.86. The van der Waals surface area contributed by atoms with Crippen LogP contribution in [0.2, 0.25) is 0 Å². The lowest BCUT2D eigenvalue weighted by Gasteiger charge is -2.41. The zero-order chi connectivity index (χ0) is 53.0. The number of esters is 2. The van der Waals surface area contributed by atoms with E-state index < -0.39 is 160 Å². The number of rotatable bonds is 17. The Morgan fingerprint density at radius 1 is 0.630 bits per heavy atom. The van der Waals surface area contributed by atoms with E-state index in [-0.39, 0.29) is 39.9 Å². The number of phenols is 3. The Morgan fingerprint density at radius 2 is 1.19 bits per heavy atom. The molecule has 0 radical (unpaired) electrons. The number of aliphatic hydroxyl groups is 11. The van der Waals surface area contributed by atoms with Gasteiger partial charge in [-0.15, -0.1) is 0 Å². The minimum Gasteiger partial charge on any atom is -0.571 e. The molecule has 16 atom stereocenters. The van der Waals surface area contributed by atoms with E-state index in [1.165, 1.54) is 49.6 Å². The number of ether oxygens (including phenoxy) is 10. The van der Waals surface area contributed by atoms with Crippen LogP contribution in [0.5, 0.6) is 40.2 Å². The molecule has 0 aliphatic carbocycles. The second-order valence-corrected chi connectivity index (χ2v) is 16.9. The lowest BCUT2D eigenvalue weighted by molar-refractivity contribution is -0.296. The smallest absolute Gasteiger partial charge is 0.330 e. The van der Waals surface area contributed by atoms with Crippen LogP contribution in [0.1, 0.15) is 29.2 Å². The van der Waals surface area contributed by atoms with Crippen LogP contribution < -0.4 is 14.2 Å². The van der Waals surface area contributed by atoms with Gasteiger partial charge in [0, 0.05) is 18.2 Å². The van der Waals surface area contributed by atoms with Crippen LogP contribution in [0.25, 0.3) is 12.2 Å². The molecule has 4 aliphatic heterocycles. The molecular formula is C46H53O27+. The summed E-state index contributed by atoms with van der Waals surface area (Å²) in [5, 5.41) is 147. The van der Waals surface area contributed by atoms with Crippen LogP contribution in [-0.4, -0.2) is 213 Å². The number of hydrogen-bond acceptors (Lipinski definition) is 25. The van der Waals surface area contributed by atoms with Crippen molar-refractivity contribution in [3.63, 3.8) is 0 Å². The van der Waals surface area contributed by atoms with E-state index in [0.717, 1.165) is 24.3 Å². The van der Waals surface area contributed by atoms with Gasteiger partial charge in [0.2, 0.25) is 18.9 Å². The fraction of sp³-hybridized carbons (Fsp3) is 0.457. The number of carboxylic acid groups (broad SMARTS) is 1. The van der Waals surface area contributed by atoms with Gasteiger partial charge in [0.15, 0.2) is 28.8 Å². The monoisotopic (exact) mass is 1040 g/mol. The molecule has 16 unspecified atom stereocenters. The number of methoxy groups -OCH3 is 1. The molecule has 3 aromatic carbocycles. The lowest BCUT2D eigenvalue weighted by atomic mass is 9.98. The van der Waals surface area contributed by atoms with E-state index in [0.29, 0.717) is 5.56 Å². The summed E-state index contributed by atoms with van der Waals surface area (Å²) in [6.07, 6.45) is -26.1. The number of carbonyl (C=O) groups is 3. The lowest BCUT2D eigenvalue weighted by Crippen LogP contribution is -2.60. The summed E-state index contributed by atoms with van der Waals surface area (Å²) in [6.45, 7) is -2.28. The maximum absolute atomic E-state index is 12.6. The maximum atomic E-state index is 12.6. The first-order valence-electron chi connectivity index (χ1n) is 22.1.